The fourth-order valence-corrected chi connectivity index (χ4v) is 0. The van der Waals surface area contributed by atoms with Crippen LogP contribution in [0.15, 0.2) is 0 Å². The predicted octanol–water partition coefficient (Wildman–Crippen LogP) is 2.79. The van der Waals surface area contributed by atoms with Crippen LogP contribution in [0.4, 0.5) is 4.20 Å². The first-order valence-corrected chi connectivity index (χ1v) is 6.95. The molecule has 0 N–H and O–H groups in total. The molecule has 5 heavy (non-hydrogen) atoms. The highest BCUT2D eigenvalue weighted by atomic mass is 32.7. The lowest BCUT2D eigenvalue weighted by Crippen LogP contribution is -1.03. The molecular formula is H4FP4-. The van der Waals surface area contributed by atoms with E-state index in [4.69, 9.17) is 0 Å². The number of halogens is 1. The Morgan fingerprint density at radius 2 is 1.80 bits per heavy atom. The molecular weight excluding hydrogens is 143 g/mol. The largest absolute Gasteiger partial charge is 0.461 e. The third-order valence-corrected chi connectivity index (χ3v) is 2.36. The second-order valence-electron chi connectivity index (χ2n) is 0.456. The van der Waals surface area contributed by atoms with Gasteiger partial charge in [-0.3, -0.25) is 8.58 Å². The van der Waals surface area contributed by atoms with Gasteiger partial charge in [0.05, 0.1) is 0 Å². The SMILES string of the molecule is F[P-]P(P)P. The maximum Gasteiger partial charge on any atom is -0.136 e. The summed E-state index contributed by atoms with van der Waals surface area (Å²) in [6.45, 7) is -0.459. The molecule has 0 spiro atoms. The van der Waals surface area contributed by atoms with E-state index in [0.29, 0.717) is 0 Å². The molecule has 0 aliphatic carbocycles. The normalized spacial score (nSPS) is 12.0. The summed E-state index contributed by atoms with van der Waals surface area (Å²) in [7, 11) is 4.74. The third-order valence-electron chi connectivity index (χ3n) is 0.0873. The van der Waals surface area contributed by atoms with Crippen molar-refractivity contribution in [1.29, 1.82) is 0 Å². The van der Waals surface area contributed by atoms with E-state index >= 15 is 0 Å². The Hall–Kier alpha value is 1.65. The number of hydrogen-bond acceptors (Lipinski definition) is 0. The molecule has 32 valence electrons. The minimum absolute atomic E-state index is 0.0123. The molecule has 0 radical (unpaired) electrons. The van der Waals surface area contributed by atoms with Gasteiger partial charge in [-0.05, 0) is 0 Å². The number of hydrogen-bond donors (Lipinski definition) is 0. The van der Waals surface area contributed by atoms with E-state index in [2.05, 4.69) is 17.9 Å². The lowest BCUT2D eigenvalue weighted by molar-refractivity contribution is 0.936. The van der Waals surface area contributed by atoms with Crippen molar-refractivity contribution in [2.45, 2.75) is 0 Å². The zero-order chi connectivity index (χ0) is 4.28. The monoisotopic (exact) mass is 147 g/mol. The topological polar surface area (TPSA) is 0 Å². The van der Waals surface area contributed by atoms with Crippen molar-refractivity contribution in [2.75, 3.05) is 0 Å². The first kappa shape index (κ1) is 6.65. The van der Waals surface area contributed by atoms with Crippen LogP contribution in [0.1, 0.15) is 0 Å². The van der Waals surface area contributed by atoms with Crippen molar-refractivity contribution in [3.05, 3.63) is 0 Å². The molecule has 0 aliphatic heterocycles. The van der Waals surface area contributed by atoms with Gasteiger partial charge >= 0.3 is 0 Å². The molecule has 2 unspecified atom stereocenters. The molecule has 0 aromatic rings. The highest BCUT2D eigenvalue weighted by Gasteiger charge is 1.63. The van der Waals surface area contributed by atoms with Crippen molar-refractivity contribution in [2.24, 2.45) is 0 Å². The summed E-state index contributed by atoms with van der Waals surface area (Å²) in [5, 5.41) is 0. The second kappa shape index (κ2) is 3.83. The van der Waals surface area contributed by atoms with Gasteiger partial charge in [0.2, 0.25) is 0 Å². The molecule has 0 bridgehead atoms. The standard InChI is InChI=1S/FH4P4/c1-4-5(2)3/h2-3H2/q-1. The van der Waals surface area contributed by atoms with E-state index < -0.39 is 6.99 Å². The van der Waals surface area contributed by atoms with E-state index in [1.807, 2.05) is 0 Å². The van der Waals surface area contributed by atoms with Gasteiger partial charge in [0.1, 0.15) is 0 Å². The molecule has 0 aromatic heterocycles. The smallest absolute Gasteiger partial charge is 0.136 e. The van der Waals surface area contributed by atoms with E-state index in [9.17, 15) is 4.20 Å². The molecule has 0 rings (SSSR count). The van der Waals surface area contributed by atoms with Crippen LogP contribution in [-0.2, 0) is 0 Å². The van der Waals surface area contributed by atoms with Gasteiger partial charge in [-0.15, -0.1) is 17.9 Å². The van der Waals surface area contributed by atoms with Crippen LogP contribution in [0, 0.1) is 0 Å². The second-order valence-corrected chi connectivity index (χ2v) is 10.9. The molecule has 0 saturated carbocycles. The van der Waals surface area contributed by atoms with Crippen LogP contribution >= 0.6 is 33.4 Å². The van der Waals surface area contributed by atoms with Gasteiger partial charge in [-0.1, -0.05) is 0 Å². The van der Waals surface area contributed by atoms with Crippen LogP contribution in [0.3, 0.4) is 0 Å². The Morgan fingerprint density at radius 3 is 1.80 bits per heavy atom. The number of rotatable bonds is 1. The van der Waals surface area contributed by atoms with Gasteiger partial charge in [0, 0.05) is 0 Å². The first-order valence-electron chi connectivity index (χ1n) is 0.885. The van der Waals surface area contributed by atoms with Gasteiger partial charge in [-0.2, -0.15) is 6.99 Å². The first-order chi connectivity index (χ1) is 2.27. The summed E-state index contributed by atoms with van der Waals surface area (Å²) in [6.07, 6.45) is 0. The molecule has 0 heterocycles. The van der Waals surface area contributed by atoms with Crippen LogP contribution < -0.4 is 0 Å². The fraction of sp³-hybridized carbons (Fsp3) is 0. The molecule has 0 fully saturated rings. The average molecular weight is 147 g/mol. The highest BCUT2D eigenvalue weighted by Crippen LogP contribution is 2.68. The van der Waals surface area contributed by atoms with Crippen molar-refractivity contribution in [3.8, 4) is 0 Å². The Morgan fingerprint density at radius 1 is 1.60 bits per heavy atom. The van der Waals surface area contributed by atoms with Crippen molar-refractivity contribution in [3.63, 3.8) is 0 Å². The zero-order valence-electron chi connectivity index (χ0n) is 2.43. The van der Waals surface area contributed by atoms with Crippen molar-refractivity contribution in [1.82, 2.24) is 0 Å². The molecule has 2 atom stereocenters. The third kappa shape index (κ3) is 5.65. The zero-order valence-corrected chi connectivity index (χ0v) is 6.53. The lowest BCUT2D eigenvalue weighted by atomic mass is 18.9. The summed E-state index contributed by atoms with van der Waals surface area (Å²) in [5.74, 6) is 0. The predicted molar refractivity (Wildman–Crippen MR) is 34.4 cm³/mol. The van der Waals surface area contributed by atoms with Gasteiger partial charge in [-0.25, -0.2) is 0 Å². The Balaban J connectivity index is 2.54. The van der Waals surface area contributed by atoms with Crippen molar-refractivity contribution < 1.29 is 4.20 Å². The lowest BCUT2D eigenvalue weighted by Gasteiger charge is -2.08. The average Bonchev–Trinajstić information content (AvgIpc) is 1.38. The van der Waals surface area contributed by atoms with Crippen LogP contribution in [0.2, 0.25) is 0 Å². The van der Waals surface area contributed by atoms with Gasteiger partial charge in [0.15, 0.2) is 0 Å². The van der Waals surface area contributed by atoms with Crippen LogP contribution in [-0.4, -0.2) is 0 Å². The summed E-state index contributed by atoms with van der Waals surface area (Å²) in [5.41, 5.74) is 0. The summed E-state index contributed by atoms with van der Waals surface area (Å²) in [6, 6.07) is 0. The molecule has 0 amide bonds. The van der Waals surface area contributed by atoms with E-state index in [-0.39, 0.29) is 8.58 Å². The minimum atomic E-state index is -0.459. The quantitative estimate of drug-likeness (QED) is 0.500. The van der Waals surface area contributed by atoms with E-state index in [0.717, 1.165) is 0 Å². The van der Waals surface area contributed by atoms with Crippen molar-refractivity contribution >= 4 is 33.4 Å². The van der Waals surface area contributed by atoms with Crippen LogP contribution in [0.5, 0.6) is 0 Å². The molecule has 0 nitrogen and oxygen atoms in total. The summed E-state index contributed by atoms with van der Waals surface area (Å²) >= 11 is 0. The fourth-order valence-electron chi connectivity index (χ4n) is 0. The maximum absolute atomic E-state index is 11.1. The van der Waals surface area contributed by atoms with E-state index in [1.165, 1.54) is 0 Å². The Kier molecular flexibility index (Phi) is 5.09. The van der Waals surface area contributed by atoms with Crippen LogP contribution in [0.25, 0.3) is 0 Å². The molecule has 0 aliphatic rings. The highest BCUT2D eigenvalue weighted by molar-refractivity contribution is 8.68. The molecule has 5 heteroatoms. The maximum atomic E-state index is 11.1. The minimum Gasteiger partial charge on any atom is -0.461 e. The Bertz CT molecular complexity index is 17.6. The summed E-state index contributed by atoms with van der Waals surface area (Å²) < 4.78 is 11.1. The summed E-state index contributed by atoms with van der Waals surface area (Å²) in [4.78, 5) is 0. The molecule has 0 aromatic carbocycles. The Labute approximate surface area is 38.4 Å². The van der Waals surface area contributed by atoms with Gasteiger partial charge in [0.25, 0.3) is 0 Å². The van der Waals surface area contributed by atoms with E-state index in [1.54, 1.807) is 0 Å². The molecule has 0 saturated heterocycles. The van der Waals surface area contributed by atoms with Gasteiger partial charge < -0.3 is 4.20 Å².